The Bertz CT molecular complexity index is 660. The molecule has 0 heterocycles. The SMILES string of the molecule is COc1ccc(N)cc1NC(=O)c1ccc(Br)cc1Br. The van der Waals surface area contributed by atoms with Gasteiger partial charge in [-0.05, 0) is 52.3 Å². The maximum absolute atomic E-state index is 12.3. The molecule has 2 rings (SSSR count). The molecule has 2 aromatic carbocycles. The van der Waals surface area contributed by atoms with Gasteiger partial charge in [0.05, 0.1) is 18.4 Å². The lowest BCUT2D eigenvalue weighted by Crippen LogP contribution is -2.13. The molecule has 0 aliphatic carbocycles. The van der Waals surface area contributed by atoms with Crippen LogP contribution in [0, 0.1) is 0 Å². The minimum Gasteiger partial charge on any atom is -0.495 e. The first-order valence-electron chi connectivity index (χ1n) is 5.71. The molecule has 2 aromatic rings. The molecule has 0 unspecified atom stereocenters. The van der Waals surface area contributed by atoms with Crippen molar-refractivity contribution in [2.45, 2.75) is 0 Å². The summed E-state index contributed by atoms with van der Waals surface area (Å²) in [4.78, 5) is 12.3. The highest BCUT2D eigenvalue weighted by Gasteiger charge is 2.13. The number of rotatable bonds is 3. The Balaban J connectivity index is 2.30. The monoisotopic (exact) mass is 398 g/mol. The van der Waals surface area contributed by atoms with Crippen molar-refractivity contribution in [3.8, 4) is 5.75 Å². The number of nitrogen functional groups attached to an aromatic ring is 1. The van der Waals surface area contributed by atoms with Gasteiger partial charge in [0.2, 0.25) is 0 Å². The average Bonchev–Trinajstić information content (AvgIpc) is 2.38. The summed E-state index contributed by atoms with van der Waals surface area (Å²) in [5.74, 6) is 0.314. The third-order valence-corrected chi connectivity index (χ3v) is 3.80. The summed E-state index contributed by atoms with van der Waals surface area (Å²) in [7, 11) is 1.54. The highest BCUT2D eigenvalue weighted by atomic mass is 79.9. The van der Waals surface area contributed by atoms with Gasteiger partial charge in [0.1, 0.15) is 5.75 Å². The molecule has 0 aromatic heterocycles. The first kappa shape index (κ1) is 14.9. The predicted molar refractivity (Wildman–Crippen MR) is 87.2 cm³/mol. The number of amides is 1. The van der Waals surface area contributed by atoms with E-state index in [0.717, 1.165) is 4.47 Å². The highest BCUT2D eigenvalue weighted by molar-refractivity contribution is 9.11. The molecule has 0 aliphatic rings. The fourth-order valence-corrected chi connectivity index (χ4v) is 2.91. The number of ether oxygens (including phenoxy) is 1. The molecule has 0 radical (unpaired) electrons. The van der Waals surface area contributed by atoms with Crippen LogP contribution >= 0.6 is 31.9 Å². The normalized spacial score (nSPS) is 10.2. The van der Waals surface area contributed by atoms with Crippen molar-refractivity contribution in [3.05, 3.63) is 50.9 Å². The van der Waals surface area contributed by atoms with E-state index in [2.05, 4.69) is 37.2 Å². The molecule has 20 heavy (non-hydrogen) atoms. The van der Waals surface area contributed by atoms with Crippen LogP contribution in [0.25, 0.3) is 0 Å². The van der Waals surface area contributed by atoms with E-state index in [4.69, 9.17) is 10.5 Å². The standard InChI is InChI=1S/C14H12Br2N2O2/c1-20-13-5-3-9(17)7-12(13)18-14(19)10-4-2-8(15)6-11(10)16/h2-7H,17H2,1H3,(H,18,19). The van der Waals surface area contributed by atoms with Crippen molar-refractivity contribution in [1.29, 1.82) is 0 Å². The number of nitrogens with one attached hydrogen (secondary N) is 1. The lowest BCUT2D eigenvalue weighted by atomic mass is 10.2. The van der Waals surface area contributed by atoms with Crippen molar-refractivity contribution in [1.82, 2.24) is 0 Å². The molecule has 0 saturated heterocycles. The lowest BCUT2D eigenvalue weighted by Gasteiger charge is -2.11. The number of anilines is 2. The topological polar surface area (TPSA) is 64.3 Å². The van der Waals surface area contributed by atoms with Crippen molar-refractivity contribution in [2.24, 2.45) is 0 Å². The highest BCUT2D eigenvalue weighted by Crippen LogP contribution is 2.28. The van der Waals surface area contributed by atoms with Crippen LogP contribution in [-0.4, -0.2) is 13.0 Å². The second-order valence-electron chi connectivity index (χ2n) is 4.04. The maximum atomic E-state index is 12.3. The summed E-state index contributed by atoms with van der Waals surface area (Å²) in [6.45, 7) is 0. The molecule has 3 N–H and O–H groups in total. The molecule has 0 bridgehead atoms. The van der Waals surface area contributed by atoms with Gasteiger partial charge in [-0.2, -0.15) is 0 Å². The average molecular weight is 400 g/mol. The minimum absolute atomic E-state index is 0.242. The van der Waals surface area contributed by atoms with E-state index < -0.39 is 0 Å². The van der Waals surface area contributed by atoms with E-state index in [9.17, 15) is 4.79 Å². The summed E-state index contributed by atoms with van der Waals surface area (Å²) in [6, 6.07) is 10.4. The van der Waals surface area contributed by atoms with Crippen LogP contribution in [0.1, 0.15) is 10.4 Å². The Hall–Kier alpha value is -1.53. The van der Waals surface area contributed by atoms with E-state index in [1.165, 1.54) is 7.11 Å². The van der Waals surface area contributed by atoms with Crippen LogP contribution in [0.4, 0.5) is 11.4 Å². The van der Waals surface area contributed by atoms with E-state index in [1.54, 1.807) is 30.3 Å². The van der Waals surface area contributed by atoms with E-state index >= 15 is 0 Å². The van der Waals surface area contributed by atoms with Gasteiger partial charge in [-0.25, -0.2) is 0 Å². The van der Waals surface area contributed by atoms with Crippen LogP contribution < -0.4 is 15.8 Å². The smallest absolute Gasteiger partial charge is 0.256 e. The summed E-state index contributed by atoms with van der Waals surface area (Å²) in [6.07, 6.45) is 0. The number of methoxy groups -OCH3 is 1. The number of halogens is 2. The fraction of sp³-hybridized carbons (Fsp3) is 0.0714. The number of hydrogen-bond acceptors (Lipinski definition) is 3. The van der Waals surface area contributed by atoms with Crippen LogP contribution in [0.3, 0.4) is 0 Å². The molecule has 6 heteroatoms. The molecular formula is C14H12Br2N2O2. The first-order chi connectivity index (χ1) is 9.51. The third kappa shape index (κ3) is 3.32. The van der Waals surface area contributed by atoms with Crippen LogP contribution in [0.2, 0.25) is 0 Å². The van der Waals surface area contributed by atoms with Crippen LogP contribution in [0.15, 0.2) is 45.3 Å². The third-order valence-electron chi connectivity index (χ3n) is 2.65. The second kappa shape index (κ2) is 6.28. The summed E-state index contributed by atoms with van der Waals surface area (Å²) in [5, 5.41) is 2.79. The van der Waals surface area contributed by atoms with Crippen LogP contribution in [-0.2, 0) is 0 Å². The van der Waals surface area contributed by atoms with E-state index in [1.807, 2.05) is 6.07 Å². The molecule has 0 spiro atoms. The number of nitrogens with two attached hydrogens (primary N) is 1. The largest absolute Gasteiger partial charge is 0.495 e. The molecule has 4 nitrogen and oxygen atoms in total. The van der Waals surface area contributed by atoms with Crippen molar-refractivity contribution >= 4 is 49.1 Å². The lowest BCUT2D eigenvalue weighted by molar-refractivity contribution is 0.102. The Kier molecular flexibility index (Phi) is 4.67. The first-order valence-corrected chi connectivity index (χ1v) is 7.30. The molecule has 0 fully saturated rings. The number of carbonyl (C=O) groups excluding carboxylic acids is 1. The molecule has 1 amide bonds. The Morgan fingerprint density at radius 2 is 1.95 bits per heavy atom. The predicted octanol–water partition coefficient (Wildman–Crippen LogP) is 4.05. The minimum atomic E-state index is -0.242. The van der Waals surface area contributed by atoms with Crippen molar-refractivity contribution in [2.75, 3.05) is 18.2 Å². The summed E-state index contributed by atoms with van der Waals surface area (Å²) >= 11 is 6.71. The Labute approximate surface area is 133 Å². The Morgan fingerprint density at radius 3 is 2.60 bits per heavy atom. The van der Waals surface area contributed by atoms with Gasteiger partial charge in [-0.3, -0.25) is 4.79 Å². The maximum Gasteiger partial charge on any atom is 0.256 e. The molecule has 0 saturated carbocycles. The van der Waals surface area contributed by atoms with Gasteiger partial charge in [-0.15, -0.1) is 0 Å². The zero-order valence-electron chi connectivity index (χ0n) is 10.6. The van der Waals surface area contributed by atoms with Crippen LogP contribution in [0.5, 0.6) is 5.75 Å². The van der Waals surface area contributed by atoms with Gasteiger partial charge in [-0.1, -0.05) is 15.9 Å². The second-order valence-corrected chi connectivity index (χ2v) is 5.81. The van der Waals surface area contributed by atoms with Gasteiger partial charge >= 0.3 is 0 Å². The number of hydrogen-bond donors (Lipinski definition) is 2. The summed E-state index contributed by atoms with van der Waals surface area (Å²) < 4.78 is 6.79. The number of benzene rings is 2. The van der Waals surface area contributed by atoms with Gasteiger partial charge < -0.3 is 15.8 Å². The molecule has 104 valence electrons. The quantitative estimate of drug-likeness (QED) is 0.765. The Morgan fingerprint density at radius 1 is 1.20 bits per heavy atom. The zero-order chi connectivity index (χ0) is 14.7. The van der Waals surface area contributed by atoms with Gasteiger partial charge in [0.25, 0.3) is 5.91 Å². The number of carbonyl (C=O) groups is 1. The van der Waals surface area contributed by atoms with E-state index in [-0.39, 0.29) is 5.91 Å². The zero-order valence-corrected chi connectivity index (χ0v) is 13.8. The van der Waals surface area contributed by atoms with E-state index in [0.29, 0.717) is 27.2 Å². The fourth-order valence-electron chi connectivity index (χ4n) is 1.69. The van der Waals surface area contributed by atoms with Crippen molar-refractivity contribution < 1.29 is 9.53 Å². The molecular weight excluding hydrogens is 388 g/mol. The molecule has 0 aliphatic heterocycles. The van der Waals surface area contributed by atoms with Gasteiger partial charge in [0, 0.05) is 14.6 Å². The van der Waals surface area contributed by atoms with Gasteiger partial charge in [0.15, 0.2) is 0 Å². The summed E-state index contributed by atoms with van der Waals surface area (Å²) in [5.41, 5.74) is 7.34. The van der Waals surface area contributed by atoms with Crippen molar-refractivity contribution in [3.63, 3.8) is 0 Å². The molecule has 0 atom stereocenters.